The lowest BCUT2D eigenvalue weighted by Crippen LogP contribution is -2.32. The number of ether oxygens (including phenoxy) is 1. The number of rotatable bonds is 6. The predicted molar refractivity (Wildman–Crippen MR) is 128 cm³/mol. The van der Waals surface area contributed by atoms with Crippen LogP contribution in [0, 0.1) is 0 Å². The molecule has 32 heavy (non-hydrogen) atoms. The summed E-state index contributed by atoms with van der Waals surface area (Å²) in [5.41, 5.74) is 6.58. The summed E-state index contributed by atoms with van der Waals surface area (Å²) in [6, 6.07) is 14.3. The average Bonchev–Trinajstić information content (AvgIpc) is 2.79. The number of hydrogen-bond acceptors (Lipinski definition) is 5. The normalized spacial score (nSPS) is 14.8. The summed E-state index contributed by atoms with van der Waals surface area (Å²) in [6.07, 6.45) is 5.13. The number of methoxy groups -OCH3 is 1. The second-order valence-corrected chi connectivity index (χ2v) is 7.94. The first-order valence-electron chi connectivity index (χ1n) is 10.5. The minimum Gasteiger partial charge on any atom is -0.494 e. The van der Waals surface area contributed by atoms with Gasteiger partial charge in [-0.15, -0.1) is 12.4 Å². The fourth-order valence-electron chi connectivity index (χ4n) is 4.30. The van der Waals surface area contributed by atoms with Gasteiger partial charge in [-0.2, -0.15) is 0 Å². The van der Waals surface area contributed by atoms with Gasteiger partial charge in [0, 0.05) is 28.9 Å². The van der Waals surface area contributed by atoms with E-state index in [-0.39, 0.29) is 30.0 Å². The van der Waals surface area contributed by atoms with Crippen LogP contribution in [0.3, 0.4) is 0 Å². The number of nitrogens with one attached hydrogen (secondary N) is 1. The zero-order chi connectivity index (χ0) is 22.0. The number of carbonyl (C=O) groups excluding carboxylic acids is 2. The molecule has 0 spiro atoms. The number of halogens is 1. The number of carbonyl (C=O) groups is 2. The van der Waals surface area contributed by atoms with Crippen molar-refractivity contribution in [3.8, 4) is 16.9 Å². The highest BCUT2D eigenvalue weighted by Gasteiger charge is 2.24. The molecule has 6 heteroatoms. The predicted octanol–water partition coefficient (Wildman–Crippen LogP) is 5.01. The third-order valence-corrected chi connectivity index (χ3v) is 5.91. The van der Waals surface area contributed by atoms with Crippen LogP contribution < -0.4 is 10.1 Å². The lowest BCUT2D eigenvalue weighted by atomic mass is 9.85. The van der Waals surface area contributed by atoms with Crippen LogP contribution in [0.25, 0.3) is 11.1 Å². The number of hydrogen-bond donors (Lipinski definition) is 1. The molecule has 0 bridgehead atoms. The van der Waals surface area contributed by atoms with E-state index in [4.69, 9.17) is 4.74 Å². The number of pyridine rings is 1. The van der Waals surface area contributed by atoms with Crippen molar-refractivity contribution in [1.29, 1.82) is 0 Å². The van der Waals surface area contributed by atoms with Gasteiger partial charge >= 0.3 is 0 Å². The molecule has 0 radical (unpaired) electrons. The second kappa shape index (κ2) is 10.1. The van der Waals surface area contributed by atoms with E-state index in [0.29, 0.717) is 11.1 Å². The van der Waals surface area contributed by atoms with Gasteiger partial charge in [-0.05, 0) is 73.7 Å². The molecule has 1 aromatic heterocycles. The quantitative estimate of drug-likeness (QED) is 0.534. The van der Waals surface area contributed by atoms with Gasteiger partial charge in [0.1, 0.15) is 5.75 Å². The van der Waals surface area contributed by atoms with Crippen molar-refractivity contribution in [2.45, 2.75) is 32.7 Å². The first-order chi connectivity index (χ1) is 15.0. The molecule has 5 nitrogen and oxygen atoms in total. The van der Waals surface area contributed by atoms with E-state index in [9.17, 15) is 9.59 Å². The summed E-state index contributed by atoms with van der Waals surface area (Å²) in [7, 11) is 1.65. The maximum absolute atomic E-state index is 12.2. The highest BCUT2D eigenvalue weighted by Crippen LogP contribution is 2.32. The molecule has 1 unspecified atom stereocenters. The van der Waals surface area contributed by atoms with Gasteiger partial charge < -0.3 is 10.1 Å². The summed E-state index contributed by atoms with van der Waals surface area (Å²) >= 11 is 0. The Kier molecular flexibility index (Phi) is 7.44. The molecule has 1 aliphatic rings. The Morgan fingerprint density at radius 3 is 2.41 bits per heavy atom. The maximum atomic E-state index is 12.2. The first kappa shape index (κ1) is 23.6. The van der Waals surface area contributed by atoms with E-state index in [1.807, 2.05) is 18.2 Å². The molecule has 0 aliphatic carbocycles. The molecule has 3 aromatic rings. The van der Waals surface area contributed by atoms with E-state index >= 15 is 0 Å². The molecule has 1 atom stereocenters. The highest BCUT2D eigenvalue weighted by atomic mass is 35.5. The van der Waals surface area contributed by atoms with Crippen LogP contribution >= 0.6 is 12.4 Å². The average molecular weight is 451 g/mol. The molecule has 0 saturated carbocycles. The molecular formula is C26H27ClN2O3. The Morgan fingerprint density at radius 2 is 1.75 bits per heavy atom. The third-order valence-electron chi connectivity index (χ3n) is 5.91. The van der Waals surface area contributed by atoms with E-state index in [0.717, 1.165) is 47.4 Å². The largest absolute Gasteiger partial charge is 0.494 e. The summed E-state index contributed by atoms with van der Waals surface area (Å²) in [5, 5.41) is 3.58. The Hall–Kier alpha value is -3.02. The van der Waals surface area contributed by atoms with Crippen molar-refractivity contribution in [1.82, 2.24) is 10.3 Å². The highest BCUT2D eigenvalue weighted by molar-refractivity contribution is 6.07. The molecule has 2 aromatic carbocycles. The van der Waals surface area contributed by atoms with Gasteiger partial charge in [0.25, 0.3) is 0 Å². The molecule has 166 valence electrons. The molecule has 1 aliphatic heterocycles. The van der Waals surface area contributed by atoms with Crippen molar-refractivity contribution in [3.63, 3.8) is 0 Å². The van der Waals surface area contributed by atoms with Gasteiger partial charge in [-0.3, -0.25) is 14.6 Å². The van der Waals surface area contributed by atoms with Crippen molar-refractivity contribution < 1.29 is 14.3 Å². The zero-order valence-electron chi connectivity index (χ0n) is 18.5. The SMILES string of the molecule is COc1cnccc1-c1ccc(CC2NCCc3cc(C(C)=O)c(C(C)=O)cc32)cc1.Cl. The van der Waals surface area contributed by atoms with Crippen LogP contribution in [-0.4, -0.2) is 30.2 Å². The van der Waals surface area contributed by atoms with E-state index in [1.54, 1.807) is 19.5 Å². The number of aromatic nitrogens is 1. The minimum absolute atomic E-state index is 0. The Balaban J connectivity index is 0.00000289. The van der Waals surface area contributed by atoms with E-state index < -0.39 is 0 Å². The smallest absolute Gasteiger partial charge is 0.160 e. The van der Waals surface area contributed by atoms with Gasteiger partial charge in [0.2, 0.25) is 0 Å². The lowest BCUT2D eigenvalue weighted by Gasteiger charge is -2.28. The lowest BCUT2D eigenvalue weighted by molar-refractivity contribution is 0.0980. The van der Waals surface area contributed by atoms with Gasteiger partial charge in [-0.1, -0.05) is 24.3 Å². The molecule has 0 saturated heterocycles. The molecular weight excluding hydrogens is 424 g/mol. The fraction of sp³-hybridized carbons (Fsp3) is 0.269. The number of nitrogens with zero attached hydrogens (tertiary/aromatic N) is 1. The Labute approximate surface area is 194 Å². The van der Waals surface area contributed by atoms with Crippen molar-refractivity contribution >= 4 is 24.0 Å². The molecule has 1 N–H and O–H groups in total. The van der Waals surface area contributed by atoms with Crippen LogP contribution in [0.4, 0.5) is 0 Å². The van der Waals surface area contributed by atoms with Gasteiger partial charge in [0.15, 0.2) is 11.6 Å². The van der Waals surface area contributed by atoms with Crippen LogP contribution in [-0.2, 0) is 12.8 Å². The standard InChI is InChI=1S/C26H26N2O3.ClH/c1-16(29)22-13-20-8-11-28-25(24(20)14-23(22)17(2)30)12-18-4-6-19(7-5-18)21-9-10-27-15-26(21)31-3;/h4-7,9-10,13-15,25,28H,8,11-12H2,1-3H3;1H. The van der Waals surface area contributed by atoms with Crippen LogP contribution in [0.5, 0.6) is 5.75 Å². The van der Waals surface area contributed by atoms with E-state index in [1.165, 1.54) is 19.4 Å². The Morgan fingerprint density at radius 1 is 1.06 bits per heavy atom. The first-order valence-corrected chi connectivity index (χ1v) is 10.5. The Bertz CT molecular complexity index is 1140. The summed E-state index contributed by atoms with van der Waals surface area (Å²) < 4.78 is 5.42. The number of ketones is 2. The van der Waals surface area contributed by atoms with Crippen molar-refractivity contribution in [3.05, 3.63) is 82.7 Å². The minimum atomic E-state index is -0.0759. The third kappa shape index (κ3) is 4.74. The van der Waals surface area contributed by atoms with Crippen molar-refractivity contribution in [2.75, 3.05) is 13.7 Å². The van der Waals surface area contributed by atoms with E-state index in [2.05, 4.69) is 34.6 Å². The van der Waals surface area contributed by atoms with Gasteiger partial charge in [-0.25, -0.2) is 0 Å². The van der Waals surface area contributed by atoms with Crippen LogP contribution in [0.2, 0.25) is 0 Å². The summed E-state index contributed by atoms with van der Waals surface area (Å²) in [5.74, 6) is 0.606. The number of Topliss-reactive ketones (excluding diaryl/α,β-unsaturated/α-hetero) is 2. The van der Waals surface area contributed by atoms with Crippen molar-refractivity contribution in [2.24, 2.45) is 0 Å². The summed E-state index contributed by atoms with van der Waals surface area (Å²) in [6.45, 7) is 3.89. The fourth-order valence-corrected chi connectivity index (χ4v) is 4.30. The number of fused-ring (bicyclic) bond motifs is 1. The molecule has 4 rings (SSSR count). The second-order valence-electron chi connectivity index (χ2n) is 7.94. The van der Waals surface area contributed by atoms with Gasteiger partial charge in [0.05, 0.1) is 13.3 Å². The number of benzene rings is 2. The monoisotopic (exact) mass is 450 g/mol. The topological polar surface area (TPSA) is 68.3 Å². The maximum Gasteiger partial charge on any atom is 0.160 e. The van der Waals surface area contributed by atoms with Crippen LogP contribution in [0.1, 0.15) is 57.3 Å². The van der Waals surface area contributed by atoms with Crippen LogP contribution in [0.15, 0.2) is 54.9 Å². The molecule has 2 heterocycles. The molecule has 0 fully saturated rings. The summed E-state index contributed by atoms with van der Waals surface area (Å²) in [4.78, 5) is 28.3. The molecule has 0 amide bonds. The zero-order valence-corrected chi connectivity index (χ0v) is 19.3.